The summed E-state index contributed by atoms with van der Waals surface area (Å²) in [7, 11) is 1.74. The molecule has 0 fully saturated rings. The van der Waals surface area contributed by atoms with Crippen molar-refractivity contribution in [2.45, 2.75) is 20.3 Å². The van der Waals surface area contributed by atoms with E-state index in [9.17, 15) is 0 Å². The van der Waals surface area contributed by atoms with Crippen LogP contribution in [0.15, 0.2) is 12.7 Å². The average molecular weight is 171 g/mol. The number of rotatable bonds is 7. The standard InChI is InChI=1S/C10H21NO/c1-5-7-11-9-10(2,3)6-8-12-4/h5,11H,1,6-9H2,2-4H3. The molecule has 0 aromatic rings. The predicted octanol–water partition coefficient (Wildman–Crippen LogP) is 1.82. The smallest absolute Gasteiger partial charge is 0.0467 e. The molecule has 2 nitrogen and oxygen atoms in total. The van der Waals surface area contributed by atoms with E-state index in [-0.39, 0.29) is 0 Å². The molecular formula is C10H21NO. The van der Waals surface area contributed by atoms with Crippen LogP contribution < -0.4 is 5.32 Å². The molecule has 0 aliphatic heterocycles. The molecule has 0 aromatic heterocycles. The van der Waals surface area contributed by atoms with E-state index in [4.69, 9.17) is 4.74 Å². The first-order chi connectivity index (χ1) is 5.62. The largest absolute Gasteiger partial charge is 0.385 e. The van der Waals surface area contributed by atoms with Crippen LogP contribution in [0.1, 0.15) is 20.3 Å². The van der Waals surface area contributed by atoms with Crippen molar-refractivity contribution in [2.75, 3.05) is 26.8 Å². The van der Waals surface area contributed by atoms with Crippen LogP contribution in [-0.4, -0.2) is 26.8 Å². The van der Waals surface area contributed by atoms with Gasteiger partial charge < -0.3 is 10.1 Å². The Bertz CT molecular complexity index is 121. The zero-order valence-corrected chi connectivity index (χ0v) is 8.52. The Hall–Kier alpha value is -0.340. The number of methoxy groups -OCH3 is 1. The minimum atomic E-state index is 0.318. The molecule has 0 heterocycles. The van der Waals surface area contributed by atoms with Crippen LogP contribution in [-0.2, 0) is 4.74 Å². The molecule has 0 bridgehead atoms. The first-order valence-electron chi connectivity index (χ1n) is 4.43. The van der Waals surface area contributed by atoms with Crippen LogP contribution in [0.3, 0.4) is 0 Å². The van der Waals surface area contributed by atoms with E-state index >= 15 is 0 Å². The third kappa shape index (κ3) is 6.38. The number of nitrogens with one attached hydrogen (secondary N) is 1. The maximum absolute atomic E-state index is 5.04. The van der Waals surface area contributed by atoms with Gasteiger partial charge in [0.2, 0.25) is 0 Å². The van der Waals surface area contributed by atoms with E-state index in [1.165, 1.54) is 0 Å². The molecule has 1 N–H and O–H groups in total. The van der Waals surface area contributed by atoms with Crippen molar-refractivity contribution in [1.29, 1.82) is 0 Å². The summed E-state index contributed by atoms with van der Waals surface area (Å²) in [6, 6.07) is 0. The molecule has 72 valence electrons. The molecule has 0 saturated heterocycles. The summed E-state index contributed by atoms with van der Waals surface area (Å²) in [5, 5.41) is 3.31. The van der Waals surface area contributed by atoms with Gasteiger partial charge in [0, 0.05) is 26.8 Å². The summed E-state index contributed by atoms with van der Waals surface area (Å²) in [5.41, 5.74) is 0.318. The van der Waals surface area contributed by atoms with Crippen molar-refractivity contribution in [1.82, 2.24) is 5.32 Å². The Labute approximate surface area is 76.0 Å². The number of hydrogen-bond donors (Lipinski definition) is 1. The zero-order chi connectivity index (χ0) is 9.45. The molecule has 2 heteroatoms. The Morgan fingerprint density at radius 1 is 1.50 bits per heavy atom. The van der Waals surface area contributed by atoms with E-state index in [0.717, 1.165) is 26.1 Å². The van der Waals surface area contributed by atoms with Crippen LogP contribution in [0, 0.1) is 5.41 Å². The van der Waals surface area contributed by atoms with Gasteiger partial charge in [0.25, 0.3) is 0 Å². The highest BCUT2D eigenvalue weighted by Gasteiger charge is 2.15. The highest BCUT2D eigenvalue weighted by molar-refractivity contribution is 4.75. The van der Waals surface area contributed by atoms with Crippen LogP contribution in [0.4, 0.5) is 0 Å². The molecule has 0 aromatic carbocycles. The fourth-order valence-electron chi connectivity index (χ4n) is 0.979. The maximum Gasteiger partial charge on any atom is 0.0467 e. The molecule has 0 radical (unpaired) electrons. The SMILES string of the molecule is C=CCNCC(C)(C)CCOC. The second-order valence-electron chi connectivity index (χ2n) is 3.83. The number of hydrogen-bond acceptors (Lipinski definition) is 2. The zero-order valence-electron chi connectivity index (χ0n) is 8.52. The minimum Gasteiger partial charge on any atom is -0.385 e. The Kier molecular flexibility index (Phi) is 6.03. The van der Waals surface area contributed by atoms with Gasteiger partial charge in [0.1, 0.15) is 0 Å². The van der Waals surface area contributed by atoms with Crippen molar-refractivity contribution in [3.8, 4) is 0 Å². The molecule has 0 unspecified atom stereocenters. The molecular weight excluding hydrogens is 150 g/mol. The van der Waals surface area contributed by atoms with Gasteiger partial charge >= 0.3 is 0 Å². The fourth-order valence-corrected chi connectivity index (χ4v) is 0.979. The second-order valence-corrected chi connectivity index (χ2v) is 3.83. The lowest BCUT2D eigenvalue weighted by molar-refractivity contribution is 0.151. The molecule has 0 atom stereocenters. The third-order valence-corrected chi connectivity index (χ3v) is 1.88. The lowest BCUT2D eigenvalue weighted by Gasteiger charge is -2.24. The maximum atomic E-state index is 5.04. The highest BCUT2D eigenvalue weighted by Crippen LogP contribution is 2.18. The second kappa shape index (κ2) is 6.21. The molecule has 12 heavy (non-hydrogen) atoms. The van der Waals surface area contributed by atoms with Crippen molar-refractivity contribution in [3.05, 3.63) is 12.7 Å². The van der Waals surface area contributed by atoms with Crippen molar-refractivity contribution >= 4 is 0 Å². The van der Waals surface area contributed by atoms with Crippen LogP contribution in [0.25, 0.3) is 0 Å². The topological polar surface area (TPSA) is 21.3 Å². The molecule has 0 aliphatic carbocycles. The van der Waals surface area contributed by atoms with Gasteiger partial charge in [-0.05, 0) is 11.8 Å². The molecule has 0 rings (SSSR count). The molecule has 0 saturated carbocycles. The van der Waals surface area contributed by atoms with Gasteiger partial charge in [-0.15, -0.1) is 6.58 Å². The Morgan fingerprint density at radius 3 is 2.67 bits per heavy atom. The van der Waals surface area contributed by atoms with Gasteiger partial charge in [-0.1, -0.05) is 19.9 Å². The Balaban J connectivity index is 3.48. The quantitative estimate of drug-likeness (QED) is 0.466. The minimum absolute atomic E-state index is 0.318. The molecule has 0 spiro atoms. The monoisotopic (exact) mass is 171 g/mol. The first kappa shape index (κ1) is 11.7. The first-order valence-corrected chi connectivity index (χ1v) is 4.43. The van der Waals surface area contributed by atoms with Crippen LogP contribution in [0.5, 0.6) is 0 Å². The van der Waals surface area contributed by atoms with E-state index in [1.807, 2.05) is 6.08 Å². The summed E-state index contributed by atoms with van der Waals surface area (Å²) in [5.74, 6) is 0. The Morgan fingerprint density at radius 2 is 2.17 bits per heavy atom. The average Bonchev–Trinajstić information content (AvgIpc) is 2.01. The van der Waals surface area contributed by atoms with Crippen LogP contribution >= 0.6 is 0 Å². The normalized spacial score (nSPS) is 11.6. The fraction of sp³-hybridized carbons (Fsp3) is 0.800. The third-order valence-electron chi connectivity index (χ3n) is 1.88. The molecule has 0 aliphatic rings. The van der Waals surface area contributed by atoms with Crippen LogP contribution in [0.2, 0.25) is 0 Å². The van der Waals surface area contributed by atoms with Crippen molar-refractivity contribution in [2.24, 2.45) is 5.41 Å². The highest BCUT2D eigenvalue weighted by atomic mass is 16.5. The summed E-state index contributed by atoms with van der Waals surface area (Å²) in [6.07, 6.45) is 2.97. The van der Waals surface area contributed by atoms with E-state index in [2.05, 4.69) is 25.7 Å². The number of ether oxygens (including phenoxy) is 1. The predicted molar refractivity (Wildman–Crippen MR) is 53.3 cm³/mol. The van der Waals surface area contributed by atoms with E-state index < -0.39 is 0 Å². The summed E-state index contributed by atoms with van der Waals surface area (Å²) < 4.78 is 5.04. The van der Waals surface area contributed by atoms with Crippen molar-refractivity contribution in [3.63, 3.8) is 0 Å². The van der Waals surface area contributed by atoms with E-state index in [0.29, 0.717) is 5.41 Å². The van der Waals surface area contributed by atoms with Gasteiger partial charge in [-0.2, -0.15) is 0 Å². The van der Waals surface area contributed by atoms with E-state index in [1.54, 1.807) is 7.11 Å². The summed E-state index contributed by atoms with van der Waals surface area (Å²) in [6.45, 7) is 10.9. The lowest BCUT2D eigenvalue weighted by atomic mass is 9.90. The summed E-state index contributed by atoms with van der Waals surface area (Å²) in [4.78, 5) is 0. The molecule has 0 amide bonds. The lowest BCUT2D eigenvalue weighted by Crippen LogP contribution is -2.30. The summed E-state index contributed by atoms with van der Waals surface area (Å²) >= 11 is 0. The van der Waals surface area contributed by atoms with Gasteiger partial charge in [-0.25, -0.2) is 0 Å². The van der Waals surface area contributed by atoms with Crippen molar-refractivity contribution < 1.29 is 4.74 Å². The van der Waals surface area contributed by atoms with Gasteiger partial charge in [0.15, 0.2) is 0 Å². The van der Waals surface area contributed by atoms with Gasteiger partial charge in [0.05, 0.1) is 0 Å². The van der Waals surface area contributed by atoms with Gasteiger partial charge in [-0.3, -0.25) is 0 Å².